The van der Waals surface area contributed by atoms with Crippen molar-refractivity contribution in [2.75, 3.05) is 19.6 Å². The van der Waals surface area contributed by atoms with E-state index < -0.39 is 0 Å². The number of halogens is 1. The van der Waals surface area contributed by atoms with Gasteiger partial charge < -0.3 is 5.32 Å². The summed E-state index contributed by atoms with van der Waals surface area (Å²) in [5.74, 6) is -0.0695. The smallest absolute Gasteiger partial charge is 0.127 e. The van der Waals surface area contributed by atoms with E-state index in [9.17, 15) is 4.39 Å². The summed E-state index contributed by atoms with van der Waals surface area (Å²) in [7, 11) is 0. The fraction of sp³-hybridized carbons (Fsp3) is 0.667. The Bertz CT molecular complexity index is 468. The molecule has 1 N–H and O–H groups in total. The van der Waals surface area contributed by atoms with Crippen molar-refractivity contribution < 1.29 is 4.39 Å². The minimum Gasteiger partial charge on any atom is -0.310 e. The van der Waals surface area contributed by atoms with Gasteiger partial charge in [0.25, 0.3) is 0 Å². The molecule has 0 aromatic heterocycles. The zero-order valence-corrected chi connectivity index (χ0v) is 13.1. The maximum absolute atomic E-state index is 14.1. The Morgan fingerprint density at radius 2 is 1.90 bits per heavy atom. The average Bonchev–Trinajstić information content (AvgIpc) is 2.71. The van der Waals surface area contributed by atoms with E-state index in [4.69, 9.17) is 0 Å². The molecule has 2 nitrogen and oxygen atoms in total. The molecule has 0 radical (unpaired) electrons. The Morgan fingerprint density at radius 3 is 2.67 bits per heavy atom. The van der Waals surface area contributed by atoms with E-state index in [1.807, 2.05) is 12.1 Å². The molecule has 21 heavy (non-hydrogen) atoms. The fourth-order valence-corrected chi connectivity index (χ4v) is 4.06. The Balaban J connectivity index is 1.78. The Kier molecular flexibility index (Phi) is 4.60. The Hall–Kier alpha value is -0.930. The van der Waals surface area contributed by atoms with Gasteiger partial charge in [-0.05, 0) is 38.8 Å². The summed E-state index contributed by atoms with van der Waals surface area (Å²) in [6.45, 7) is 5.37. The van der Waals surface area contributed by atoms with Gasteiger partial charge in [-0.15, -0.1) is 0 Å². The molecule has 0 bridgehead atoms. The predicted octanol–water partition coefficient (Wildman–Crippen LogP) is 3.88. The van der Waals surface area contributed by atoms with Crippen LogP contribution in [0, 0.1) is 5.82 Å². The third-order valence-corrected chi connectivity index (χ3v) is 5.34. The van der Waals surface area contributed by atoms with Crippen LogP contribution in [-0.2, 0) is 0 Å². The molecular weight excluding hydrogens is 263 g/mol. The van der Waals surface area contributed by atoms with Crippen LogP contribution in [0.15, 0.2) is 24.3 Å². The number of hydrogen-bond acceptors (Lipinski definition) is 2. The first-order valence-corrected chi connectivity index (χ1v) is 8.44. The first-order valence-electron chi connectivity index (χ1n) is 8.44. The maximum Gasteiger partial charge on any atom is 0.127 e. The third-order valence-electron chi connectivity index (χ3n) is 5.34. The summed E-state index contributed by atoms with van der Waals surface area (Å²) in [5, 5.41) is 3.81. The van der Waals surface area contributed by atoms with Gasteiger partial charge in [-0.25, -0.2) is 4.39 Å². The highest BCUT2D eigenvalue weighted by molar-refractivity contribution is 5.21. The van der Waals surface area contributed by atoms with Crippen LogP contribution in [0.4, 0.5) is 4.39 Å². The molecule has 2 fully saturated rings. The highest BCUT2D eigenvalue weighted by Crippen LogP contribution is 2.33. The lowest BCUT2D eigenvalue weighted by molar-refractivity contribution is 0.132. The van der Waals surface area contributed by atoms with Gasteiger partial charge in [-0.2, -0.15) is 0 Å². The van der Waals surface area contributed by atoms with Crippen molar-refractivity contribution in [3.63, 3.8) is 0 Å². The summed E-state index contributed by atoms with van der Waals surface area (Å²) < 4.78 is 14.1. The Morgan fingerprint density at radius 1 is 1.14 bits per heavy atom. The van der Waals surface area contributed by atoms with E-state index in [0.29, 0.717) is 0 Å². The number of rotatable bonds is 2. The number of nitrogens with zero attached hydrogens (tertiary/aromatic N) is 1. The van der Waals surface area contributed by atoms with Gasteiger partial charge in [0, 0.05) is 30.2 Å². The molecule has 3 rings (SSSR count). The van der Waals surface area contributed by atoms with E-state index in [2.05, 4.69) is 17.1 Å². The van der Waals surface area contributed by atoms with E-state index >= 15 is 0 Å². The molecule has 1 aliphatic heterocycles. The molecule has 1 saturated heterocycles. The monoisotopic (exact) mass is 290 g/mol. The SMILES string of the molecule is CC(c1ccccc1F)N1CCCNC2(CCCCC2)C1. The standard InChI is InChI=1S/C18H27FN2/c1-15(16-8-3-4-9-17(16)19)21-13-7-12-20-18(14-21)10-5-2-6-11-18/h3-4,8-9,15,20H,2,5-7,10-14H2,1H3. The van der Waals surface area contributed by atoms with Gasteiger partial charge in [0.2, 0.25) is 0 Å². The van der Waals surface area contributed by atoms with Crippen molar-refractivity contribution in [1.82, 2.24) is 10.2 Å². The van der Waals surface area contributed by atoms with Gasteiger partial charge >= 0.3 is 0 Å². The number of nitrogens with one attached hydrogen (secondary N) is 1. The second-order valence-electron chi connectivity index (χ2n) is 6.79. The quantitative estimate of drug-likeness (QED) is 0.889. The van der Waals surface area contributed by atoms with Gasteiger partial charge in [0.05, 0.1) is 0 Å². The van der Waals surface area contributed by atoms with Crippen molar-refractivity contribution in [2.24, 2.45) is 0 Å². The summed E-state index contributed by atoms with van der Waals surface area (Å²) in [4.78, 5) is 2.49. The fourth-order valence-electron chi connectivity index (χ4n) is 4.06. The molecule has 2 aliphatic rings. The average molecular weight is 290 g/mol. The zero-order chi connectivity index (χ0) is 14.7. The first kappa shape index (κ1) is 15.0. The highest BCUT2D eigenvalue weighted by Gasteiger charge is 2.36. The topological polar surface area (TPSA) is 15.3 Å². The van der Waals surface area contributed by atoms with Gasteiger partial charge in [-0.3, -0.25) is 4.90 Å². The van der Waals surface area contributed by atoms with Crippen LogP contribution in [0.2, 0.25) is 0 Å². The molecule has 0 amide bonds. The first-order chi connectivity index (χ1) is 10.2. The molecule has 116 valence electrons. The second-order valence-corrected chi connectivity index (χ2v) is 6.79. The third kappa shape index (κ3) is 3.29. The zero-order valence-electron chi connectivity index (χ0n) is 13.1. The minimum absolute atomic E-state index is 0.0695. The van der Waals surface area contributed by atoms with E-state index in [0.717, 1.165) is 31.6 Å². The van der Waals surface area contributed by atoms with Gasteiger partial charge in [-0.1, -0.05) is 37.5 Å². The van der Waals surface area contributed by atoms with E-state index in [-0.39, 0.29) is 17.4 Å². The molecular formula is C18H27FN2. The molecule has 1 atom stereocenters. The number of benzene rings is 1. The largest absolute Gasteiger partial charge is 0.310 e. The Labute approximate surface area is 127 Å². The molecule has 1 unspecified atom stereocenters. The van der Waals surface area contributed by atoms with E-state index in [1.54, 1.807) is 12.1 Å². The summed E-state index contributed by atoms with van der Waals surface area (Å²) in [6, 6.07) is 7.40. The maximum atomic E-state index is 14.1. The van der Waals surface area contributed by atoms with Crippen LogP contribution in [0.1, 0.15) is 57.1 Å². The van der Waals surface area contributed by atoms with Crippen molar-refractivity contribution >= 4 is 0 Å². The molecule has 1 aromatic rings. The summed E-state index contributed by atoms with van der Waals surface area (Å²) >= 11 is 0. The molecule has 1 heterocycles. The molecule has 1 aromatic carbocycles. The van der Waals surface area contributed by atoms with Crippen LogP contribution in [0.5, 0.6) is 0 Å². The van der Waals surface area contributed by atoms with Crippen molar-refractivity contribution in [1.29, 1.82) is 0 Å². The van der Waals surface area contributed by atoms with Crippen LogP contribution in [0.25, 0.3) is 0 Å². The molecule has 1 aliphatic carbocycles. The molecule has 3 heteroatoms. The van der Waals surface area contributed by atoms with E-state index in [1.165, 1.54) is 32.1 Å². The van der Waals surface area contributed by atoms with Crippen LogP contribution in [0.3, 0.4) is 0 Å². The number of hydrogen-bond donors (Lipinski definition) is 1. The van der Waals surface area contributed by atoms with Crippen molar-refractivity contribution in [3.8, 4) is 0 Å². The molecule has 1 spiro atoms. The van der Waals surface area contributed by atoms with Crippen LogP contribution in [-0.4, -0.2) is 30.1 Å². The normalized spacial score (nSPS) is 24.7. The van der Waals surface area contributed by atoms with Crippen LogP contribution >= 0.6 is 0 Å². The van der Waals surface area contributed by atoms with Crippen LogP contribution < -0.4 is 5.32 Å². The highest BCUT2D eigenvalue weighted by atomic mass is 19.1. The summed E-state index contributed by atoms with van der Waals surface area (Å²) in [5.41, 5.74) is 1.11. The lowest BCUT2D eigenvalue weighted by atomic mass is 9.81. The predicted molar refractivity (Wildman–Crippen MR) is 84.8 cm³/mol. The lowest BCUT2D eigenvalue weighted by Gasteiger charge is -2.41. The van der Waals surface area contributed by atoms with Gasteiger partial charge in [0.15, 0.2) is 0 Å². The van der Waals surface area contributed by atoms with Crippen molar-refractivity contribution in [2.45, 2.75) is 57.0 Å². The van der Waals surface area contributed by atoms with Gasteiger partial charge in [0.1, 0.15) is 5.82 Å². The lowest BCUT2D eigenvalue weighted by Crippen LogP contribution is -2.53. The van der Waals surface area contributed by atoms with Crippen molar-refractivity contribution in [3.05, 3.63) is 35.6 Å². The second kappa shape index (κ2) is 6.45. The molecule has 1 saturated carbocycles. The minimum atomic E-state index is -0.0695. The summed E-state index contributed by atoms with van der Waals surface area (Å²) in [6.07, 6.45) is 7.72.